The van der Waals surface area contributed by atoms with Crippen LogP contribution in [0.25, 0.3) is 11.4 Å². The van der Waals surface area contributed by atoms with Gasteiger partial charge in [-0.3, -0.25) is 4.57 Å². The van der Waals surface area contributed by atoms with Crippen LogP contribution in [0.2, 0.25) is 0 Å². The topological polar surface area (TPSA) is 90.9 Å². The molecule has 0 amide bonds. The molecule has 0 bridgehead atoms. The Kier molecular flexibility index (Phi) is 3.06. The summed E-state index contributed by atoms with van der Waals surface area (Å²) in [5.74, 6) is -3.98. The molecule has 1 aromatic carbocycles. The average molecular weight is 292 g/mol. The maximum Gasteiger partial charge on any atom is 0.273 e. The lowest BCUT2D eigenvalue weighted by Gasteiger charge is -2.05. The third kappa shape index (κ3) is 2.31. The highest BCUT2D eigenvalue weighted by Gasteiger charge is 2.24. The first-order valence-electron chi connectivity index (χ1n) is 4.79. The van der Waals surface area contributed by atoms with Gasteiger partial charge in [-0.2, -0.15) is 0 Å². The molecule has 0 aliphatic rings. The average Bonchev–Trinajstić information content (AvgIpc) is 2.58. The van der Waals surface area contributed by atoms with Crippen LogP contribution >= 0.6 is 0 Å². The molecular formula is C9H7F3N4O2S. The largest absolute Gasteiger partial charge is 0.300 e. The number of nitrogens with zero attached hydrogens (tertiary/aromatic N) is 3. The molecule has 1 aromatic heterocycles. The van der Waals surface area contributed by atoms with E-state index in [4.69, 9.17) is 5.14 Å². The van der Waals surface area contributed by atoms with Gasteiger partial charge in [0.1, 0.15) is 17.5 Å². The third-order valence-corrected chi connectivity index (χ3v) is 3.18. The molecule has 2 N–H and O–H groups in total. The number of primary sulfonamides is 1. The van der Waals surface area contributed by atoms with E-state index in [1.807, 2.05) is 0 Å². The Labute approximate surface area is 105 Å². The van der Waals surface area contributed by atoms with E-state index in [2.05, 4.69) is 10.2 Å². The number of nitrogens with two attached hydrogens (primary N) is 1. The number of rotatable bonds is 2. The highest BCUT2D eigenvalue weighted by Crippen LogP contribution is 2.26. The van der Waals surface area contributed by atoms with Gasteiger partial charge < -0.3 is 0 Å². The van der Waals surface area contributed by atoms with Crippen molar-refractivity contribution in [2.75, 3.05) is 0 Å². The fraction of sp³-hybridized carbons (Fsp3) is 0.111. The molecule has 0 aliphatic heterocycles. The second kappa shape index (κ2) is 4.31. The number of sulfonamides is 1. The molecule has 2 aromatic rings. The summed E-state index contributed by atoms with van der Waals surface area (Å²) in [7, 11) is -3.02. The Hall–Kier alpha value is -1.94. The molecular weight excluding hydrogens is 285 g/mol. The van der Waals surface area contributed by atoms with Crippen molar-refractivity contribution in [1.29, 1.82) is 0 Å². The molecule has 0 radical (unpaired) electrons. The molecule has 2 rings (SSSR count). The Morgan fingerprint density at radius 1 is 1.16 bits per heavy atom. The Bertz CT molecular complexity index is 734. The molecule has 102 valence electrons. The summed E-state index contributed by atoms with van der Waals surface area (Å²) >= 11 is 0. The zero-order valence-electron chi connectivity index (χ0n) is 9.43. The van der Waals surface area contributed by atoms with Crippen molar-refractivity contribution in [2.24, 2.45) is 12.2 Å². The number of halogens is 3. The maximum atomic E-state index is 13.5. The number of benzene rings is 1. The van der Waals surface area contributed by atoms with E-state index in [1.54, 1.807) is 0 Å². The van der Waals surface area contributed by atoms with E-state index >= 15 is 0 Å². The monoisotopic (exact) mass is 292 g/mol. The molecule has 0 atom stereocenters. The lowest BCUT2D eigenvalue weighted by atomic mass is 10.2. The normalized spacial score (nSPS) is 11.8. The summed E-state index contributed by atoms with van der Waals surface area (Å²) in [6, 6.07) is 0.896. The summed E-state index contributed by atoms with van der Waals surface area (Å²) in [4.78, 5) is 0. The van der Waals surface area contributed by atoms with E-state index in [0.29, 0.717) is 12.1 Å². The van der Waals surface area contributed by atoms with Crippen LogP contribution in [-0.2, 0) is 17.1 Å². The molecule has 0 saturated carbocycles. The first-order chi connectivity index (χ1) is 8.71. The summed E-state index contributed by atoms with van der Waals surface area (Å²) < 4.78 is 62.9. The molecule has 0 saturated heterocycles. The second-order valence-electron chi connectivity index (χ2n) is 3.65. The number of aromatic nitrogens is 3. The Balaban J connectivity index is 2.72. The van der Waals surface area contributed by atoms with E-state index in [1.165, 1.54) is 0 Å². The standard InChI is InChI=1S/C9H7F3N4O2S/c1-16-8(14-15-9(16)19(13,17)18)7-5(11)2-4(10)3-6(7)12/h2-3H,1H3,(H2,13,17,18). The molecule has 19 heavy (non-hydrogen) atoms. The van der Waals surface area contributed by atoms with Crippen molar-refractivity contribution < 1.29 is 21.6 Å². The van der Waals surface area contributed by atoms with Gasteiger partial charge in [-0.25, -0.2) is 26.7 Å². The summed E-state index contributed by atoms with van der Waals surface area (Å²) in [6.45, 7) is 0. The fourth-order valence-electron chi connectivity index (χ4n) is 1.54. The van der Waals surface area contributed by atoms with Gasteiger partial charge in [-0.1, -0.05) is 0 Å². The molecule has 6 nitrogen and oxygen atoms in total. The quantitative estimate of drug-likeness (QED) is 0.875. The summed E-state index contributed by atoms with van der Waals surface area (Å²) in [5, 5.41) is 10.8. The van der Waals surface area contributed by atoms with Crippen molar-refractivity contribution >= 4 is 10.0 Å². The summed E-state index contributed by atoms with van der Waals surface area (Å²) in [5.41, 5.74) is -0.689. The van der Waals surface area contributed by atoms with Gasteiger partial charge in [0.25, 0.3) is 15.2 Å². The smallest absolute Gasteiger partial charge is 0.273 e. The van der Waals surface area contributed by atoms with Crippen LogP contribution in [0.1, 0.15) is 0 Å². The number of hydrogen-bond donors (Lipinski definition) is 1. The molecule has 0 spiro atoms. The van der Waals surface area contributed by atoms with Crippen molar-refractivity contribution in [3.8, 4) is 11.4 Å². The van der Waals surface area contributed by atoms with Gasteiger partial charge in [-0.05, 0) is 0 Å². The minimum atomic E-state index is -4.18. The van der Waals surface area contributed by atoms with Gasteiger partial charge in [0.05, 0.1) is 5.56 Å². The first kappa shape index (κ1) is 13.5. The minimum absolute atomic E-state index is 0.418. The van der Waals surface area contributed by atoms with Crippen LogP contribution in [0, 0.1) is 17.5 Å². The lowest BCUT2D eigenvalue weighted by molar-refractivity contribution is 0.544. The van der Waals surface area contributed by atoms with Gasteiger partial charge in [0, 0.05) is 19.2 Å². The maximum absolute atomic E-state index is 13.5. The number of hydrogen-bond acceptors (Lipinski definition) is 4. The predicted molar refractivity (Wildman–Crippen MR) is 57.7 cm³/mol. The van der Waals surface area contributed by atoms with Crippen LogP contribution in [0.15, 0.2) is 17.3 Å². The zero-order valence-corrected chi connectivity index (χ0v) is 10.2. The van der Waals surface area contributed by atoms with Crippen molar-refractivity contribution in [1.82, 2.24) is 14.8 Å². The van der Waals surface area contributed by atoms with Gasteiger partial charge in [0.15, 0.2) is 5.82 Å². The first-order valence-corrected chi connectivity index (χ1v) is 6.33. The minimum Gasteiger partial charge on any atom is -0.300 e. The molecule has 0 fully saturated rings. The van der Waals surface area contributed by atoms with Crippen molar-refractivity contribution in [3.63, 3.8) is 0 Å². The van der Waals surface area contributed by atoms with E-state index < -0.39 is 44.0 Å². The van der Waals surface area contributed by atoms with Gasteiger partial charge in [-0.15, -0.1) is 10.2 Å². The van der Waals surface area contributed by atoms with Crippen molar-refractivity contribution in [2.45, 2.75) is 5.16 Å². The zero-order chi connectivity index (χ0) is 14.4. The van der Waals surface area contributed by atoms with E-state index in [0.717, 1.165) is 11.6 Å². The van der Waals surface area contributed by atoms with Crippen LogP contribution in [0.5, 0.6) is 0 Å². The van der Waals surface area contributed by atoms with Crippen LogP contribution in [0.4, 0.5) is 13.2 Å². The SMILES string of the molecule is Cn1c(-c2c(F)cc(F)cc2F)nnc1S(N)(=O)=O. The predicted octanol–water partition coefficient (Wildman–Crippen LogP) is 0.547. The Morgan fingerprint density at radius 2 is 1.68 bits per heavy atom. The van der Waals surface area contributed by atoms with Crippen LogP contribution in [-0.4, -0.2) is 23.2 Å². The molecule has 1 heterocycles. The molecule has 10 heteroatoms. The van der Waals surface area contributed by atoms with Gasteiger partial charge >= 0.3 is 0 Å². The molecule has 0 aliphatic carbocycles. The van der Waals surface area contributed by atoms with Crippen molar-refractivity contribution in [3.05, 3.63) is 29.6 Å². The fourth-order valence-corrected chi connectivity index (χ4v) is 2.16. The third-order valence-electron chi connectivity index (χ3n) is 2.32. The highest BCUT2D eigenvalue weighted by molar-refractivity contribution is 7.89. The second-order valence-corrected chi connectivity index (χ2v) is 5.11. The summed E-state index contributed by atoms with van der Waals surface area (Å²) in [6.07, 6.45) is 0. The molecule has 0 unspecified atom stereocenters. The van der Waals surface area contributed by atoms with Crippen LogP contribution in [0.3, 0.4) is 0 Å². The van der Waals surface area contributed by atoms with Crippen LogP contribution < -0.4 is 5.14 Å². The highest BCUT2D eigenvalue weighted by atomic mass is 32.2. The van der Waals surface area contributed by atoms with Gasteiger partial charge in [0.2, 0.25) is 0 Å². The van der Waals surface area contributed by atoms with E-state index in [9.17, 15) is 21.6 Å². The lowest BCUT2D eigenvalue weighted by Crippen LogP contribution is -2.17. The van der Waals surface area contributed by atoms with E-state index in [-0.39, 0.29) is 0 Å². The Morgan fingerprint density at radius 3 is 2.11 bits per heavy atom.